The smallest absolute Gasteiger partial charge is 0.330 e. The maximum atomic E-state index is 12.0. The highest BCUT2D eigenvalue weighted by Crippen LogP contribution is 2.23. The molecule has 110 valence electrons. The number of fused-ring (bicyclic) bond motifs is 1. The Labute approximate surface area is 122 Å². The molecule has 0 aromatic heterocycles. The normalized spacial score (nSPS) is 13.5. The minimum Gasteiger partial charge on any atom is -0.466 e. The van der Waals surface area contributed by atoms with E-state index in [1.165, 1.54) is 19.3 Å². The van der Waals surface area contributed by atoms with Gasteiger partial charge in [0.2, 0.25) is 5.91 Å². The van der Waals surface area contributed by atoms with E-state index in [0.29, 0.717) is 18.4 Å². The van der Waals surface area contributed by atoms with E-state index in [0.717, 1.165) is 11.3 Å². The molecule has 0 atom stereocenters. The summed E-state index contributed by atoms with van der Waals surface area (Å²) in [5, 5.41) is 5.44. The first-order valence-electron chi connectivity index (χ1n) is 6.55. The highest BCUT2D eigenvalue weighted by molar-refractivity contribution is 5.98. The quantitative estimate of drug-likeness (QED) is 0.640. The lowest BCUT2D eigenvalue weighted by molar-refractivity contribution is -0.134. The van der Waals surface area contributed by atoms with Crippen LogP contribution in [0.1, 0.15) is 22.3 Å². The maximum absolute atomic E-state index is 12.0. The number of rotatable bonds is 4. The van der Waals surface area contributed by atoms with Crippen molar-refractivity contribution in [3.63, 3.8) is 0 Å². The standard InChI is InChI=1S/C15H16N2O4/c1-21-14(19)3-2-8-16-15(20)11-4-6-12-10(9-11)5-7-13(18)17-12/h2-4,6,9H,5,7-8H2,1H3,(H,16,20)(H,17,18)/b3-2+. The summed E-state index contributed by atoms with van der Waals surface area (Å²) in [5.74, 6) is -0.703. The lowest BCUT2D eigenvalue weighted by atomic mass is 10.00. The maximum Gasteiger partial charge on any atom is 0.330 e. The average Bonchev–Trinajstić information content (AvgIpc) is 2.50. The Kier molecular flexibility index (Phi) is 4.71. The van der Waals surface area contributed by atoms with Crippen molar-refractivity contribution in [1.29, 1.82) is 0 Å². The Balaban J connectivity index is 1.96. The molecule has 1 heterocycles. The van der Waals surface area contributed by atoms with E-state index in [1.807, 2.05) is 0 Å². The van der Waals surface area contributed by atoms with Gasteiger partial charge in [0.15, 0.2) is 0 Å². The Morgan fingerprint density at radius 2 is 2.19 bits per heavy atom. The number of hydrogen-bond acceptors (Lipinski definition) is 4. The van der Waals surface area contributed by atoms with E-state index in [9.17, 15) is 14.4 Å². The van der Waals surface area contributed by atoms with Gasteiger partial charge < -0.3 is 15.4 Å². The zero-order valence-electron chi connectivity index (χ0n) is 11.6. The molecule has 1 aliphatic heterocycles. The predicted octanol–water partition coefficient (Wildman–Crippen LogP) is 1.03. The summed E-state index contributed by atoms with van der Waals surface area (Å²) < 4.78 is 4.44. The van der Waals surface area contributed by atoms with Crippen LogP contribution in [0, 0.1) is 0 Å². The van der Waals surface area contributed by atoms with E-state index >= 15 is 0 Å². The van der Waals surface area contributed by atoms with Crippen LogP contribution in [0.5, 0.6) is 0 Å². The molecule has 6 nitrogen and oxygen atoms in total. The Hall–Kier alpha value is -2.63. The number of carbonyl (C=O) groups is 3. The van der Waals surface area contributed by atoms with E-state index in [4.69, 9.17) is 0 Å². The van der Waals surface area contributed by atoms with Gasteiger partial charge in [0.25, 0.3) is 5.91 Å². The monoisotopic (exact) mass is 288 g/mol. The zero-order chi connectivity index (χ0) is 15.2. The molecule has 2 rings (SSSR count). The lowest BCUT2D eigenvalue weighted by Crippen LogP contribution is -2.24. The van der Waals surface area contributed by atoms with Gasteiger partial charge in [-0.2, -0.15) is 0 Å². The molecule has 6 heteroatoms. The molecule has 21 heavy (non-hydrogen) atoms. The first-order chi connectivity index (χ1) is 10.1. The van der Waals surface area contributed by atoms with Crippen molar-refractivity contribution >= 4 is 23.5 Å². The average molecular weight is 288 g/mol. The topological polar surface area (TPSA) is 84.5 Å². The first-order valence-corrected chi connectivity index (χ1v) is 6.55. The lowest BCUT2D eigenvalue weighted by Gasteiger charge is -2.17. The van der Waals surface area contributed by atoms with Crippen molar-refractivity contribution in [1.82, 2.24) is 5.32 Å². The van der Waals surface area contributed by atoms with Gasteiger partial charge >= 0.3 is 5.97 Å². The molecule has 1 aromatic rings. The number of benzene rings is 1. The van der Waals surface area contributed by atoms with Gasteiger partial charge in [0.1, 0.15) is 0 Å². The summed E-state index contributed by atoms with van der Waals surface area (Å²) in [4.78, 5) is 34.1. The molecule has 1 aliphatic rings. The number of hydrogen-bond donors (Lipinski definition) is 2. The molecule has 0 spiro atoms. The molecule has 2 N–H and O–H groups in total. The highest BCUT2D eigenvalue weighted by Gasteiger charge is 2.16. The number of esters is 1. The van der Waals surface area contributed by atoms with Crippen LogP contribution in [0.25, 0.3) is 0 Å². The third-order valence-electron chi connectivity index (χ3n) is 3.10. The van der Waals surface area contributed by atoms with Crippen molar-refractivity contribution in [3.8, 4) is 0 Å². The second-order valence-corrected chi connectivity index (χ2v) is 4.56. The summed E-state index contributed by atoms with van der Waals surface area (Å²) in [6, 6.07) is 5.16. The molecular formula is C15H16N2O4. The van der Waals surface area contributed by atoms with Crippen LogP contribution in [-0.2, 0) is 20.7 Å². The number of anilines is 1. The first kappa shape index (κ1) is 14.8. The van der Waals surface area contributed by atoms with E-state index in [-0.39, 0.29) is 18.4 Å². The summed E-state index contributed by atoms with van der Waals surface area (Å²) in [6.45, 7) is 0.238. The predicted molar refractivity (Wildman–Crippen MR) is 76.9 cm³/mol. The number of amides is 2. The van der Waals surface area contributed by atoms with Crippen molar-refractivity contribution in [3.05, 3.63) is 41.5 Å². The molecule has 0 unspecified atom stereocenters. The molecule has 0 saturated carbocycles. The van der Waals surface area contributed by atoms with Crippen molar-refractivity contribution in [2.75, 3.05) is 19.0 Å². The Bertz CT molecular complexity index is 608. The van der Waals surface area contributed by atoms with Gasteiger partial charge in [-0.1, -0.05) is 6.08 Å². The molecule has 0 aliphatic carbocycles. The number of carbonyl (C=O) groups excluding carboxylic acids is 3. The van der Waals surface area contributed by atoms with Gasteiger partial charge in [0, 0.05) is 30.3 Å². The van der Waals surface area contributed by atoms with Crippen molar-refractivity contribution in [2.24, 2.45) is 0 Å². The van der Waals surface area contributed by atoms with Crippen molar-refractivity contribution in [2.45, 2.75) is 12.8 Å². The van der Waals surface area contributed by atoms with Crippen LogP contribution < -0.4 is 10.6 Å². The molecule has 2 amide bonds. The number of methoxy groups -OCH3 is 1. The summed E-state index contributed by atoms with van der Waals surface area (Å²) >= 11 is 0. The number of nitrogens with one attached hydrogen (secondary N) is 2. The number of ether oxygens (including phenoxy) is 1. The second kappa shape index (κ2) is 6.69. The second-order valence-electron chi connectivity index (χ2n) is 4.56. The zero-order valence-corrected chi connectivity index (χ0v) is 11.6. The van der Waals surface area contributed by atoms with Crippen LogP contribution in [0.2, 0.25) is 0 Å². The fourth-order valence-corrected chi connectivity index (χ4v) is 2.00. The molecular weight excluding hydrogens is 272 g/mol. The minimum absolute atomic E-state index is 0.00681. The van der Waals surface area contributed by atoms with E-state index < -0.39 is 5.97 Å². The van der Waals surface area contributed by atoms with E-state index in [2.05, 4.69) is 15.4 Å². The summed E-state index contributed by atoms with van der Waals surface area (Å²) in [6.07, 6.45) is 3.83. The molecule has 0 saturated heterocycles. The van der Waals surface area contributed by atoms with Crippen LogP contribution in [0.15, 0.2) is 30.4 Å². The minimum atomic E-state index is -0.464. The fourth-order valence-electron chi connectivity index (χ4n) is 2.00. The third kappa shape index (κ3) is 3.92. The molecule has 0 radical (unpaired) electrons. The van der Waals surface area contributed by atoms with Crippen LogP contribution in [0.3, 0.4) is 0 Å². The summed E-state index contributed by atoms with van der Waals surface area (Å²) in [7, 11) is 1.29. The van der Waals surface area contributed by atoms with Gasteiger partial charge in [-0.3, -0.25) is 9.59 Å². The van der Waals surface area contributed by atoms with Crippen molar-refractivity contribution < 1.29 is 19.1 Å². The third-order valence-corrected chi connectivity index (χ3v) is 3.10. The van der Waals surface area contributed by atoms with Crippen LogP contribution >= 0.6 is 0 Å². The van der Waals surface area contributed by atoms with Crippen LogP contribution in [-0.4, -0.2) is 31.4 Å². The van der Waals surface area contributed by atoms with Gasteiger partial charge in [0.05, 0.1) is 7.11 Å². The fraction of sp³-hybridized carbons (Fsp3) is 0.267. The van der Waals surface area contributed by atoms with Gasteiger partial charge in [-0.25, -0.2) is 4.79 Å². The molecule has 0 fully saturated rings. The summed E-state index contributed by atoms with van der Waals surface area (Å²) in [5.41, 5.74) is 2.23. The number of aryl methyl sites for hydroxylation is 1. The van der Waals surface area contributed by atoms with Crippen LogP contribution in [0.4, 0.5) is 5.69 Å². The van der Waals surface area contributed by atoms with E-state index in [1.54, 1.807) is 18.2 Å². The van der Waals surface area contributed by atoms with Gasteiger partial charge in [-0.15, -0.1) is 0 Å². The largest absolute Gasteiger partial charge is 0.466 e. The Morgan fingerprint density at radius 3 is 2.95 bits per heavy atom. The highest BCUT2D eigenvalue weighted by atomic mass is 16.5. The Morgan fingerprint density at radius 1 is 1.38 bits per heavy atom. The van der Waals surface area contributed by atoms with Gasteiger partial charge in [-0.05, 0) is 30.2 Å². The molecule has 1 aromatic carbocycles. The SMILES string of the molecule is COC(=O)/C=C/CNC(=O)c1ccc2c(c1)CCC(=O)N2. The molecule has 0 bridgehead atoms.